The van der Waals surface area contributed by atoms with E-state index in [1.165, 1.54) is 6.07 Å². The second-order valence-corrected chi connectivity index (χ2v) is 6.85. The average Bonchev–Trinajstić information content (AvgIpc) is 2.81. The van der Waals surface area contributed by atoms with Crippen LogP contribution in [0.15, 0.2) is 18.2 Å². The molecule has 1 aromatic carbocycles. The summed E-state index contributed by atoms with van der Waals surface area (Å²) in [6.07, 6.45) is -0.836. The summed E-state index contributed by atoms with van der Waals surface area (Å²) in [6.45, 7) is -0.543. The highest BCUT2D eigenvalue weighted by Crippen LogP contribution is 2.27. The van der Waals surface area contributed by atoms with Crippen molar-refractivity contribution in [2.45, 2.75) is 24.1 Å². The third-order valence-corrected chi connectivity index (χ3v) is 4.76. The van der Waals surface area contributed by atoms with Crippen molar-refractivity contribution in [1.82, 2.24) is 4.90 Å². The normalized spacial score (nSPS) is 19.8. The molecule has 1 aliphatic heterocycles. The van der Waals surface area contributed by atoms with Crippen molar-refractivity contribution in [3.8, 4) is 11.5 Å². The number of carbonyl (C=O) groups is 2. The number of hydrogen-bond acceptors (Lipinski definition) is 6. The molecule has 0 radical (unpaired) electrons. The van der Waals surface area contributed by atoms with E-state index in [4.69, 9.17) is 0 Å². The van der Waals surface area contributed by atoms with E-state index < -0.39 is 52.1 Å². The summed E-state index contributed by atoms with van der Waals surface area (Å²) in [7, 11) is -4.94. The van der Waals surface area contributed by atoms with Crippen molar-refractivity contribution in [3.05, 3.63) is 23.8 Å². The number of likely N-dealkylation sites (tertiary alicyclic amines) is 1. The van der Waals surface area contributed by atoms with Crippen LogP contribution >= 0.6 is 0 Å². The van der Waals surface area contributed by atoms with Crippen LogP contribution in [-0.2, 0) is 26.2 Å². The van der Waals surface area contributed by atoms with Gasteiger partial charge in [0, 0.05) is 19.4 Å². The zero-order valence-electron chi connectivity index (χ0n) is 11.7. The lowest BCUT2D eigenvalue weighted by Crippen LogP contribution is -2.44. The van der Waals surface area contributed by atoms with Crippen molar-refractivity contribution >= 4 is 22.1 Å². The monoisotopic (exact) mass is 347 g/mol. The van der Waals surface area contributed by atoms with E-state index in [2.05, 4.69) is 0 Å². The number of hydrogen-bond donors (Lipinski definition) is 3. The van der Waals surface area contributed by atoms with Gasteiger partial charge in [0.2, 0.25) is 5.91 Å². The number of amides is 1. The number of benzene rings is 1. The second kappa shape index (κ2) is 6.03. The molecule has 0 aromatic heterocycles. The number of aliphatic carboxylic acids is 1. The average molecular weight is 347 g/mol. The first-order chi connectivity index (χ1) is 10.6. The minimum Gasteiger partial charge on any atom is -0.504 e. The Hall–Kier alpha value is -2.36. The third kappa shape index (κ3) is 3.70. The molecule has 1 amide bonds. The minimum atomic E-state index is -4.94. The van der Waals surface area contributed by atoms with Gasteiger partial charge in [-0.15, -0.1) is 3.89 Å². The Kier molecular flexibility index (Phi) is 4.46. The van der Waals surface area contributed by atoms with E-state index in [1.807, 2.05) is 0 Å². The molecule has 23 heavy (non-hydrogen) atoms. The van der Waals surface area contributed by atoms with Gasteiger partial charge in [-0.2, -0.15) is 8.42 Å². The lowest BCUT2D eigenvalue weighted by molar-refractivity contribution is -0.148. The zero-order chi connectivity index (χ0) is 17.4. The van der Waals surface area contributed by atoms with Crippen LogP contribution in [0, 0.1) is 0 Å². The Balaban J connectivity index is 2.23. The maximum absolute atomic E-state index is 13.0. The van der Waals surface area contributed by atoms with Crippen molar-refractivity contribution < 1.29 is 37.2 Å². The Morgan fingerprint density at radius 3 is 2.48 bits per heavy atom. The van der Waals surface area contributed by atoms with Gasteiger partial charge in [-0.1, -0.05) is 6.07 Å². The van der Waals surface area contributed by atoms with Crippen LogP contribution in [0.25, 0.3) is 0 Å². The quantitative estimate of drug-likeness (QED) is 0.504. The highest BCUT2D eigenvalue weighted by Gasteiger charge is 2.43. The van der Waals surface area contributed by atoms with E-state index in [0.717, 1.165) is 17.0 Å². The van der Waals surface area contributed by atoms with Gasteiger partial charge in [0.25, 0.3) is 0 Å². The number of phenols is 2. The topological polar surface area (TPSA) is 132 Å². The van der Waals surface area contributed by atoms with Gasteiger partial charge >= 0.3 is 16.2 Å². The van der Waals surface area contributed by atoms with Gasteiger partial charge < -0.3 is 20.2 Å². The molecule has 126 valence electrons. The summed E-state index contributed by atoms with van der Waals surface area (Å²) < 4.78 is 34.8. The molecule has 2 unspecified atom stereocenters. The molecule has 1 heterocycles. The highest BCUT2D eigenvalue weighted by molar-refractivity contribution is 7.87. The molecule has 0 saturated carbocycles. The Labute approximate surface area is 131 Å². The smallest absolute Gasteiger partial charge is 0.326 e. The summed E-state index contributed by atoms with van der Waals surface area (Å²) in [5.41, 5.74) is 0.312. The van der Waals surface area contributed by atoms with Gasteiger partial charge in [-0.3, -0.25) is 4.79 Å². The second-order valence-electron chi connectivity index (χ2n) is 5.23. The summed E-state index contributed by atoms with van der Waals surface area (Å²) in [4.78, 5) is 24.0. The van der Waals surface area contributed by atoms with Crippen molar-refractivity contribution in [1.29, 1.82) is 0 Å². The number of carboxylic acid groups (broad SMARTS) is 1. The molecule has 1 saturated heterocycles. The van der Waals surface area contributed by atoms with E-state index in [-0.39, 0.29) is 12.2 Å². The van der Waals surface area contributed by atoms with Crippen LogP contribution in [0.5, 0.6) is 11.5 Å². The van der Waals surface area contributed by atoms with E-state index in [1.54, 1.807) is 0 Å². The van der Waals surface area contributed by atoms with E-state index >= 15 is 0 Å². The predicted octanol–water partition coefficient (Wildman–Crippen LogP) is -0.00630. The Morgan fingerprint density at radius 1 is 1.35 bits per heavy atom. The van der Waals surface area contributed by atoms with Gasteiger partial charge in [0.05, 0.1) is 0 Å². The number of carbonyl (C=O) groups excluding carboxylic acids is 1. The number of aromatic hydroxyl groups is 2. The van der Waals surface area contributed by atoms with Gasteiger partial charge in [0.1, 0.15) is 11.3 Å². The summed E-state index contributed by atoms with van der Waals surface area (Å²) >= 11 is 0. The maximum atomic E-state index is 13.0. The Morgan fingerprint density at radius 2 is 2.00 bits per heavy atom. The van der Waals surface area contributed by atoms with Crippen LogP contribution in [0.3, 0.4) is 0 Å². The lowest BCUT2D eigenvalue weighted by Gasteiger charge is -2.24. The van der Waals surface area contributed by atoms with Gasteiger partial charge in [0.15, 0.2) is 11.5 Å². The molecular weight excluding hydrogens is 333 g/mol. The fourth-order valence-corrected chi connectivity index (χ4v) is 3.12. The van der Waals surface area contributed by atoms with Gasteiger partial charge in [-0.25, -0.2) is 4.79 Å². The third-order valence-electron chi connectivity index (χ3n) is 3.65. The number of carboxylic acids is 1. The minimum absolute atomic E-state index is 0.228. The molecule has 3 N–H and O–H groups in total. The molecule has 0 bridgehead atoms. The van der Waals surface area contributed by atoms with Crippen LogP contribution < -0.4 is 0 Å². The first-order valence-corrected chi connectivity index (χ1v) is 8.01. The fraction of sp³-hybridized carbons (Fsp3) is 0.385. The van der Waals surface area contributed by atoms with Crippen molar-refractivity contribution in [2.24, 2.45) is 0 Å². The molecule has 1 aromatic rings. The SMILES string of the molecule is O=C(O)C(Cc1ccc(O)c(O)c1)N1CC(S(=O)(=O)F)CC1=O. The summed E-state index contributed by atoms with van der Waals surface area (Å²) in [5, 5.41) is 26.3. The molecule has 1 fully saturated rings. The number of phenolic OH excluding ortho intramolecular Hbond substituents is 2. The molecule has 8 nitrogen and oxygen atoms in total. The summed E-state index contributed by atoms with van der Waals surface area (Å²) in [6, 6.07) is 2.24. The van der Waals surface area contributed by atoms with Crippen LogP contribution in [0.1, 0.15) is 12.0 Å². The van der Waals surface area contributed by atoms with Gasteiger partial charge in [-0.05, 0) is 17.7 Å². The standard InChI is InChI=1S/C13H14FNO7S/c14-23(21,22)8-5-12(18)15(6-8)9(13(19)20)3-7-1-2-10(16)11(17)4-7/h1-2,4,8-9,16-17H,3,5-6H2,(H,19,20). The Bertz CT molecular complexity index is 749. The highest BCUT2D eigenvalue weighted by atomic mass is 32.3. The zero-order valence-corrected chi connectivity index (χ0v) is 12.5. The lowest BCUT2D eigenvalue weighted by atomic mass is 10.0. The summed E-state index contributed by atoms with van der Waals surface area (Å²) in [5.74, 6) is -3.00. The molecular formula is C13H14FNO7S. The van der Waals surface area contributed by atoms with E-state index in [0.29, 0.717) is 5.56 Å². The van der Waals surface area contributed by atoms with Crippen LogP contribution in [0.4, 0.5) is 3.89 Å². The first kappa shape index (κ1) is 17.0. The fourth-order valence-electron chi connectivity index (χ4n) is 2.44. The van der Waals surface area contributed by atoms with Crippen LogP contribution in [0.2, 0.25) is 0 Å². The maximum Gasteiger partial charge on any atom is 0.326 e. The molecule has 2 rings (SSSR count). The molecule has 0 aliphatic carbocycles. The number of nitrogens with zero attached hydrogens (tertiary/aromatic N) is 1. The van der Waals surface area contributed by atoms with E-state index in [9.17, 15) is 37.2 Å². The van der Waals surface area contributed by atoms with Crippen molar-refractivity contribution in [2.75, 3.05) is 6.54 Å². The molecule has 0 spiro atoms. The van der Waals surface area contributed by atoms with Crippen molar-refractivity contribution in [3.63, 3.8) is 0 Å². The number of halogens is 1. The number of rotatable bonds is 5. The largest absolute Gasteiger partial charge is 0.504 e. The van der Waals surface area contributed by atoms with Crippen LogP contribution in [-0.4, -0.2) is 58.4 Å². The molecule has 2 atom stereocenters. The predicted molar refractivity (Wildman–Crippen MR) is 75.0 cm³/mol. The molecule has 1 aliphatic rings. The first-order valence-electron chi connectivity index (χ1n) is 6.56. The molecule has 10 heteroatoms.